The maximum Gasteiger partial charge on any atom is 0.299 e. The number of halogens is 1. The average Bonchev–Trinajstić information content (AvgIpc) is 3.46. The summed E-state index contributed by atoms with van der Waals surface area (Å²) in [5.41, 5.74) is 3.91. The van der Waals surface area contributed by atoms with E-state index in [9.17, 15) is 9.50 Å². The zero-order chi connectivity index (χ0) is 27.1. The first kappa shape index (κ1) is 24.6. The molecular weight excluding hydrogens is 499 g/mol. The van der Waals surface area contributed by atoms with Gasteiger partial charge in [0.15, 0.2) is 22.8 Å². The molecule has 10 heteroatoms. The van der Waals surface area contributed by atoms with Gasteiger partial charge in [0, 0.05) is 23.9 Å². The number of benzene rings is 2. The van der Waals surface area contributed by atoms with E-state index in [1.807, 2.05) is 54.8 Å². The smallest absolute Gasteiger partial charge is 0.299 e. The van der Waals surface area contributed by atoms with Crippen molar-refractivity contribution < 1.29 is 19.0 Å². The molecule has 1 aliphatic rings. The second-order valence-electron chi connectivity index (χ2n) is 10.1. The number of aromatic hydroxyl groups is 1. The molecule has 0 bridgehead atoms. The van der Waals surface area contributed by atoms with Gasteiger partial charge in [-0.2, -0.15) is 4.98 Å². The number of fused-ring (bicyclic) bond motifs is 3. The summed E-state index contributed by atoms with van der Waals surface area (Å²) in [4.78, 5) is 18.1. The highest BCUT2D eigenvalue weighted by Gasteiger charge is 2.36. The summed E-state index contributed by atoms with van der Waals surface area (Å²) in [6.45, 7) is 5.11. The van der Waals surface area contributed by atoms with Gasteiger partial charge < -0.3 is 19.9 Å². The van der Waals surface area contributed by atoms with Crippen LogP contribution < -0.4 is 14.8 Å². The number of rotatable bonds is 7. The number of ether oxygens (including phenoxy) is 2. The molecule has 0 atom stereocenters. The largest absolute Gasteiger partial charge is 0.507 e. The Labute approximate surface area is 224 Å². The molecule has 0 aliphatic carbocycles. The standard InChI is InChI=1S/C29H27FN6O3/c1-29(2)16-39-28-33-24-26(34-25(35-27(24)36(28)29)19-12-20(30)15-31-14-19)32-10-9-17-7-8-23(37)22(11-17)18-5-4-6-21(13-18)38-3/h4-8,11-15,37H,9-10,16H2,1-3H3,(H,32,34,35). The van der Waals surface area contributed by atoms with Crippen LogP contribution in [0, 0.1) is 5.82 Å². The third kappa shape index (κ3) is 4.58. The quantitative estimate of drug-likeness (QED) is 0.298. The number of pyridine rings is 1. The molecule has 3 aromatic heterocycles. The number of hydrogen-bond acceptors (Lipinski definition) is 8. The third-order valence-electron chi connectivity index (χ3n) is 6.75. The van der Waals surface area contributed by atoms with Crippen LogP contribution in [0.15, 0.2) is 60.9 Å². The number of nitrogens with zero attached hydrogens (tertiary/aromatic N) is 5. The van der Waals surface area contributed by atoms with Gasteiger partial charge in [0.05, 0.1) is 18.8 Å². The second kappa shape index (κ2) is 9.54. The van der Waals surface area contributed by atoms with Gasteiger partial charge in [-0.3, -0.25) is 9.55 Å². The highest BCUT2D eigenvalue weighted by atomic mass is 19.1. The molecule has 0 saturated carbocycles. The summed E-state index contributed by atoms with van der Waals surface area (Å²) < 4.78 is 27.1. The van der Waals surface area contributed by atoms with Crippen LogP contribution >= 0.6 is 0 Å². The van der Waals surface area contributed by atoms with Crippen molar-refractivity contribution in [1.82, 2.24) is 24.5 Å². The predicted octanol–water partition coefficient (Wildman–Crippen LogP) is 5.19. The van der Waals surface area contributed by atoms with E-state index < -0.39 is 5.82 Å². The molecule has 4 heterocycles. The topological polar surface area (TPSA) is 107 Å². The lowest BCUT2D eigenvalue weighted by atomic mass is 10.0. The van der Waals surface area contributed by atoms with Gasteiger partial charge in [-0.05, 0) is 61.7 Å². The van der Waals surface area contributed by atoms with Crippen LogP contribution in [-0.4, -0.2) is 49.9 Å². The lowest BCUT2D eigenvalue weighted by molar-refractivity contribution is 0.268. The van der Waals surface area contributed by atoms with E-state index in [4.69, 9.17) is 14.5 Å². The number of imidazole rings is 1. The summed E-state index contributed by atoms with van der Waals surface area (Å²) in [6.07, 6.45) is 3.33. The Balaban J connectivity index is 1.32. The van der Waals surface area contributed by atoms with E-state index in [1.165, 1.54) is 12.3 Å². The number of nitrogens with one attached hydrogen (secondary N) is 1. The van der Waals surface area contributed by atoms with Crippen molar-refractivity contribution in [3.05, 3.63) is 72.3 Å². The summed E-state index contributed by atoms with van der Waals surface area (Å²) in [7, 11) is 1.61. The Morgan fingerprint density at radius 2 is 1.95 bits per heavy atom. The van der Waals surface area contributed by atoms with Crippen LogP contribution in [0.4, 0.5) is 10.2 Å². The molecule has 2 N–H and O–H groups in total. The molecule has 0 amide bonds. The molecule has 0 fully saturated rings. The Morgan fingerprint density at radius 1 is 1.08 bits per heavy atom. The lowest BCUT2D eigenvalue weighted by Crippen LogP contribution is -2.25. The number of methoxy groups -OCH3 is 1. The van der Waals surface area contributed by atoms with Crippen molar-refractivity contribution in [2.45, 2.75) is 25.8 Å². The maximum atomic E-state index is 14.0. The Hall–Kier alpha value is -4.73. The Bertz CT molecular complexity index is 1700. The van der Waals surface area contributed by atoms with Crippen LogP contribution in [-0.2, 0) is 12.0 Å². The predicted molar refractivity (Wildman–Crippen MR) is 146 cm³/mol. The highest BCUT2D eigenvalue weighted by molar-refractivity contribution is 5.86. The fourth-order valence-electron chi connectivity index (χ4n) is 4.76. The van der Waals surface area contributed by atoms with E-state index in [0.29, 0.717) is 54.0 Å². The molecule has 0 unspecified atom stereocenters. The lowest BCUT2D eigenvalue weighted by Gasteiger charge is -2.18. The first-order valence-corrected chi connectivity index (χ1v) is 12.6. The van der Waals surface area contributed by atoms with Crippen molar-refractivity contribution in [1.29, 1.82) is 0 Å². The molecule has 6 rings (SSSR count). The highest BCUT2D eigenvalue weighted by Crippen LogP contribution is 2.37. The maximum absolute atomic E-state index is 14.0. The monoisotopic (exact) mass is 526 g/mol. The molecule has 2 aromatic carbocycles. The third-order valence-corrected chi connectivity index (χ3v) is 6.75. The zero-order valence-electron chi connectivity index (χ0n) is 21.8. The van der Waals surface area contributed by atoms with E-state index in [2.05, 4.69) is 20.3 Å². The van der Waals surface area contributed by atoms with Crippen LogP contribution in [0.5, 0.6) is 17.5 Å². The zero-order valence-corrected chi connectivity index (χ0v) is 21.8. The van der Waals surface area contributed by atoms with Crippen molar-refractivity contribution in [2.24, 2.45) is 0 Å². The van der Waals surface area contributed by atoms with Crippen molar-refractivity contribution >= 4 is 17.0 Å². The molecule has 0 radical (unpaired) electrons. The van der Waals surface area contributed by atoms with Gasteiger partial charge in [0.2, 0.25) is 0 Å². The van der Waals surface area contributed by atoms with Gasteiger partial charge in [-0.25, -0.2) is 14.4 Å². The molecule has 0 saturated heterocycles. The fourth-order valence-corrected chi connectivity index (χ4v) is 4.76. The molecular formula is C29H27FN6O3. The van der Waals surface area contributed by atoms with E-state index in [1.54, 1.807) is 13.2 Å². The van der Waals surface area contributed by atoms with E-state index in [0.717, 1.165) is 28.6 Å². The summed E-state index contributed by atoms with van der Waals surface area (Å²) in [5, 5.41) is 13.9. The number of anilines is 1. The van der Waals surface area contributed by atoms with Gasteiger partial charge in [-0.15, -0.1) is 0 Å². The normalized spacial score (nSPS) is 13.7. The van der Waals surface area contributed by atoms with Gasteiger partial charge in [0.1, 0.15) is 23.9 Å². The number of phenolic OH excluding ortho intramolecular Hbond substituents is 1. The van der Waals surface area contributed by atoms with Crippen molar-refractivity contribution in [3.63, 3.8) is 0 Å². The van der Waals surface area contributed by atoms with Gasteiger partial charge >= 0.3 is 0 Å². The first-order valence-electron chi connectivity index (χ1n) is 12.6. The van der Waals surface area contributed by atoms with E-state index in [-0.39, 0.29) is 11.3 Å². The molecule has 1 aliphatic heterocycles. The minimum Gasteiger partial charge on any atom is -0.507 e. The summed E-state index contributed by atoms with van der Waals surface area (Å²) in [6, 6.07) is 15.0. The minimum absolute atomic E-state index is 0.195. The molecule has 39 heavy (non-hydrogen) atoms. The van der Waals surface area contributed by atoms with Gasteiger partial charge in [0.25, 0.3) is 6.01 Å². The Kier molecular flexibility index (Phi) is 6.02. The number of aromatic nitrogens is 5. The molecule has 0 spiro atoms. The molecule has 5 aromatic rings. The van der Waals surface area contributed by atoms with Crippen LogP contribution in [0.3, 0.4) is 0 Å². The van der Waals surface area contributed by atoms with Gasteiger partial charge in [-0.1, -0.05) is 18.2 Å². The van der Waals surface area contributed by atoms with Crippen LogP contribution in [0.25, 0.3) is 33.7 Å². The second-order valence-corrected chi connectivity index (χ2v) is 10.1. The molecule has 9 nitrogen and oxygen atoms in total. The SMILES string of the molecule is COc1cccc(-c2cc(CCNc3nc(-c4cncc(F)c4)nc4c3nc3n4C(C)(C)CO3)ccc2O)c1. The Morgan fingerprint density at radius 3 is 2.77 bits per heavy atom. The molecule has 198 valence electrons. The fraction of sp³-hybridized carbons (Fsp3) is 0.241. The van der Waals surface area contributed by atoms with Crippen molar-refractivity contribution in [3.8, 4) is 40.0 Å². The van der Waals surface area contributed by atoms with E-state index >= 15 is 0 Å². The minimum atomic E-state index is -0.466. The van der Waals surface area contributed by atoms with Crippen molar-refractivity contribution in [2.75, 3.05) is 25.6 Å². The summed E-state index contributed by atoms with van der Waals surface area (Å²) >= 11 is 0. The number of hydrogen-bond donors (Lipinski definition) is 2. The average molecular weight is 527 g/mol. The van der Waals surface area contributed by atoms with Crippen LogP contribution in [0.1, 0.15) is 19.4 Å². The summed E-state index contributed by atoms with van der Waals surface area (Å²) in [5.74, 6) is 1.31. The van der Waals surface area contributed by atoms with Crippen LogP contribution in [0.2, 0.25) is 0 Å². The first-order chi connectivity index (χ1) is 18.8. The number of phenols is 1.